The predicted octanol–water partition coefficient (Wildman–Crippen LogP) is 0.444. The first-order chi connectivity index (χ1) is 15.9. The molecule has 1 atom stereocenters. The average molecular weight is 453 g/mol. The number of nitrogens with zero attached hydrogens (tertiary/aromatic N) is 4. The van der Waals surface area contributed by atoms with Crippen molar-refractivity contribution in [3.63, 3.8) is 0 Å². The molecular formula is C23H27N5O5. The highest BCUT2D eigenvalue weighted by Crippen LogP contribution is 2.24. The number of pyridine rings is 1. The SMILES string of the molecule is COc1ccc([C@H](CNC(=O)c2ccc3c(=O)n(C)c(=O)n(C)c3n2)N2CCOCC2)cc1. The van der Waals surface area contributed by atoms with E-state index in [9.17, 15) is 14.4 Å². The quantitative estimate of drug-likeness (QED) is 0.577. The Balaban J connectivity index is 1.58. The Morgan fingerprint density at radius 3 is 2.45 bits per heavy atom. The monoisotopic (exact) mass is 453 g/mol. The summed E-state index contributed by atoms with van der Waals surface area (Å²) in [6.07, 6.45) is 0. The molecule has 10 nitrogen and oxygen atoms in total. The largest absolute Gasteiger partial charge is 0.497 e. The molecule has 3 aromatic rings. The smallest absolute Gasteiger partial charge is 0.332 e. The summed E-state index contributed by atoms with van der Waals surface area (Å²) >= 11 is 0. The molecule has 1 aromatic carbocycles. The van der Waals surface area contributed by atoms with Crippen molar-refractivity contribution in [2.45, 2.75) is 6.04 Å². The van der Waals surface area contributed by atoms with Crippen LogP contribution in [0.4, 0.5) is 0 Å². The number of carbonyl (C=O) groups is 1. The van der Waals surface area contributed by atoms with E-state index in [1.807, 2.05) is 24.3 Å². The van der Waals surface area contributed by atoms with Crippen molar-refractivity contribution in [2.24, 2.45) is 14.1 Å². The Kier molecular flexibility index (Phi) is 6.57. The molecule has 1 aliphatic heterocycles. The molecule has 10 heteroatoms. The van der Waals surface area contributed by atoms with Crippen LogP contribution >= 0.6 is 0 Å². The molecular weight excluding hydrogens is 426 g/mol. The van der Waals surface area contributed by atoms with E-state index in [4.69, 9.17) is 9.47 Å². The van der Waals surface area contributed by atoms with Gasteiger partial charge in [-0.25, -0.2) is 9.78 Å². The second-order valence-corrected chi connectivity index (χ2v) is 7.92. The number of methoxy groups -OCH3 is 1. The number of nitrogens with one attached hydrogen (secondary N) is 1. The second-order valence-electron chi connectivity index (χ2n) is 7.92. The maximum atomic E-state index is 12.9. The van der Waals surface area contributed by atoms with E-state index in [-0.39, 0.29) is 28.7 Å². The third-order valence-electron chi connectivity index (χ3n) is 5.98. The molecule has 0 spiro atoms. The van der Waals surface area contributed by atoms with Gasteiger partial charge in [-0.3, -0.25) is 23.6 Å². The van der Waals surface area contributed by atoms with Crippen LogP contribution in [0.25, 0.3) is 11.0 Å². The minimum atomic E-state index is -0.496. The van der Waals surface area contributed by atoms with Crippen LogP contribution in [-0.4, -0.2) is 64.9 Å². The van der Waals surface area contributed by atoms with Crippen LogP contribution in [0.2, 0.25) is 0 Å². The summed E-state index contributed by atoms with van der Waals surface area (Å²) < 4.78 is 13.0. The number of hydrogen-bond acceptors (Lipinski definition) is 7. The van der Waals surface area contributed by atoms with Gasteiger partial charge < -0.3 is 14.8 Å². The number of carbonyl (C=O) groups excluding carboxylic acids is 1. The van der Waals surface area contributed by atoms with E-state index in [1.54, 1.807) is 7.11 Å². The van der Waals surface area contributed by atoms with Crippen molar-refractivity contribution in [1.82, 2.24) is 24.3 Å². The maximum Gasteiger partial charge on any atom is 0.332 e. The van der Waals surface area contributed by atoms with Crippen LogP contribution in [0.3, 0.4) is 0 Å². The van der Waals surface area contributed by atoms with Crippen molar-refractivity contribution in [1.29, 1.82) is 0 Å². The van der Waals surface area contributed by atoms with Gasteiger partial charge in [0.1, 0.15) is 17.1 Å². The zero-order valence-electron chi connectivity index (χ0n) is 18.9. The topological polar surface area (TPSA) is 108 Å². The lowest BCUT2D eigenvalue weighted by Gasteiger charge is -2.35. The van der Waals surface area contributed by atoms with E-state index >= 15 is 0 Å². The fourth-order valence-electron chi connectivity index (χ4n) is 4.03. The average Bonchev–Trinajstić information content (AvgIpc) is 2.86. The first kappa shape index (κ1) is 22.7. The van der Waals surface area contributed by atoms with Crippen molar-refractivity contribution in [2.75, 3.05) is 40.0 Å². The molecule has 3 heterocycles. The van der Waals surface area contributed by atoms with Crippen molar-refractivity contribution < 1.29 is 14.3 Å². The number of amides is 1. The molecule has 0 aliphatic carbocycles. The number of fused-ring (bicyclic) bond motifs is 1. The molecule has 4 rings (SSSR count). The fourth-order valence-corrected chi connectivity index (χ4v) is 4.03. The van der Waals surface area contributed by atoms with E-state index < -0.39 is 11.2 Å². The molecule has 0 radical (unpaired) electrons. The van der Waals surface area contributed by atoms with Gasteiger partial charge in [-0.1, -0.05) is 12.1 Å². The summed E-state index contributed by atoms with van der Waals surface area (Å²) in [6.45, 7) is 3.14. The van der Waals surface area contributed by atoms with Crippen LogP contribution in [0.5, 0.6) is 5.75 Å². The van der Waals surface area contributed by atoms with Gasteiger partial charge in [0.05, 0.1) is 31.8 Å². The maximum absolute atomic E-state index is 12.9. The molecule has 1 N–H and O–H groups in total. The molecule has 0 unspecified atom stereocenters. The molecule has 33 heavy (non-hydrogen) atoms. The van der Waals surface area contributed by atoms with Crippen molar-refractivity contribution in [3.05, 3.63) is 68.5 Å². The highest BCUT2D eigenvalue weighted by atomic mass is 16.5. The molecule has 1 saturated heterocycles. The summed E-state index contributed by atoms with van der Waals surface area (Å²) in [5.74, 6) is 0.387. The number of hydrogen-bond donors (Lipinski definition) is 1. The molecule has 2 aromatic heterocycles. The highest BCUT2D eigenvalue weighted by molar-refractivity contribution is 5.94. The van der Waals surface area contributed by atoms with Gasteiger partial charge in [-0.05, 0) is 29.8 Å². The lowest BCUT2D eigenvalue weighted by atomic mass is 10.0. The summed E-state index contributed by atoms with van der Waals surface area (Å²) in [6, 6.07) is 10.8. The molecule has 0 bridgehead atoms. The first-order valence-corrected chi connectivity index (χ1v) is 10.7. The molecule has 1 amide bonds. The number of ether oxygens (including phenoxy) is 2. The van der Waals surface area contributed by atoms with E-state index in [0.29, 0.717) is 19.8 Å². The molecule has 0 saturated carbocycles. The Hall–Kier alpha value is -3.50. The summed E-state index contributed by atoms with van der Waals surface area (Å²) in [5.41, 5.74) is 0.427. The zero-order chi connectivity index (χ0) is 23.5. The van der Waals surface area contributed by atoms with Gasteiger partial charge in [0, 0.05) is 33.7 Å². The Bertz CT molecular complexity index is 1280. The Morgan fingerprint density at radius 2 is 1.79 bits per heavy atom. The van der Waals surface area contributed by atoms with Crippen molar-refractivity contribution in [3.8, 4) is 5.75 Å². The Labute approximate surface area is 190 Å². The molecule has 174 valence electrons. The van der Waals surface area contributed by atoms with E-state index in [1.165, 1.54) is 30.8 Å². The van der Waals surface area contributed by atoms with Gasteiger partial charge in [-0.2, -0.15) is 0 Å². The minimum absolute atomic E-state index is 0.0548. The van der Waals surface area contributed by atoms with Gasteiger partial charge in [0.25, 0.3) is 11.5 Å². The van der Waals surface area contributed by atoms with Gasteiger partial charge in [0.15, 0.2) is 0 Å². The predicted molar refractivity (Wildman–Crippen MR) is 123 cm³/mol. The third-order valence-corrected chi connectivity index (χ3v) is 5.98. The summed E-state index contributed by atoms with van der Waals surface area (Å²) in [5, 5.41) is 3.24. The lowest BCUT2D eigenvalue weighted by molar-refractivity contribution is 0.0162. The summed E-state index contributed by atoms with van der Waals surface area (Å²) in [7, 11) is 4.56. The van der Waals surface area contributed by atoms with Crippen molar-refractivity contribution >= 4 is 16.9 Å². The highest BCUT2D eigenvalue weighted by Gasteiger charge is 2.24. The third kappa shape index (κ3) is 4.53. The minimum Gasteiger partial charge on any atom is -0.497 e. The second kappa shape index (κ2) is 9.55. The first-order valence-electron chi connectivity index (χ1n) is 10.7. The number of aromatic nitrogens is 3. The number of aryl methyl sites for hydroxylation is 1. The standard InChI is InChI=1S/C23H27N5O5/c1-26-20-17(22(30)27(2)23(26)31)8-9-18(25-20)21(29)24-14-19(28-10-12-33-13-11-28)15-4-6-16(32-3)7-5-15/h4-9,19H,10-14H2,1-3H3,(H,24,29)/t19-/m0/s1. The van der Waals surface area contributed by atoms with Crippen LogP contribution in [0.15, 0.2) is 46.0 Å². The lowest BCUT2D eigenvalue weighted by Crippen LogP contribution is -2.44. The molecule has 1 fully saturated rings. The Morgan fingerprint density at radius 1 is 1.09 bits per heavy atom. The number of morpholine rings is 1. The number of rotatable bonds is 6. The zero-order valence-corrected chi connectivity index (χ0v) is 18.9. The number of benzene rings is 1. The van der Waals surface area contributed by atoms with Gasteiger partial charge in [-0.15, -0.1) is 0 Å². The van der Waals surface area contributed by atoms with Crippen LogP contribution in [0.1, 0.15) is 22.1 Å². The van der Waals surface area contributed by atoms with Gasteiger partial charge >= 0.3 is 5.69 Å². The van der Waals surface area contributed by atoms with Crippen LogP contribution < -0.4 is 21.3 Å². The van der Waals surface area contributed by atoms with Crippen LogP contribution in [0, 0.1) is 0 Å². The van der Waals surface area contributed by atoms with Gasteiger partial charge in [0.2, 0.25) is 0 Å². The van der Waals surface area contributed by atoms with E-state index in [0.717, 1.165) is 29.0 Å². The fraction of sp³-hybridized carbons (Fsp3) is 0.391. The van der Waals surface area contributed by atoms with Crippen LogP contribution in [-0.2, 0) is 18.8 Å². The normalized spacial score (nSPS) is 15.4. The van der Waals surface area contributed by atoms with E-state index in [2.05, 4.69) is 15.2 Å². The summed E-state index contributed by atoms with van der Waals surface area (Å²) in [4.78, 5) is 44.1. The molecule has 1 aliphatic rings.